The third kappa shape index (κ3) is 1.97. The molecule has 0 atom stereocenters. The van der Waals surface area contributed by atoms with Crippen molar-refractivity contribution in [3.8, 4) is 0 Å². The molecule has 0 unspecified atom stereocenters. The molecule has 1 saturated carbocycles. The second-order valence-corrected chi connectivity index (χ2v) is 8.01. The number of pyridine rings is 1. The molecule has 6 heteroatoms. The van der Waals surface area contributed by atoms with Crippen LogP contribution >= 0.6 is 0 Å². The molecule has 1 saturated heterocycles. The number of aromatic nitrogens is 1. The minimum Gasteiger partial charge on any atom is -0.323 e. The number of rotatable bonds is 3. The summed E-state index contributed by atoms with van der Waals surface area (Å²) in [6.07, 6.45) is 3.92. The average molecular weight is 303 g/mol. The number of fused-ring (bicyclic) bond motifs is 1. The van der Waals surface area contributed by atoms with Crippen LogP contribution in [0.2, 0.25) is 0 Å². The van der Waals surface area contributed by atoms with Crippen LogP contribution in [0.3, 0.4) is 0 Å². The predicted molar refractivity (Wildman–Crippen MR) is 80.1 cm³/mol. The first-order valence-electron chi connectivity index (χ1n) is 7.13. The second kappa shape index (κ2) is 4.25. The van der Waals surface area contributed by atoms with Gasteiger partial charge in [-0.1, -0.05) is 6.07 Å². The van der Waals surface area contributed by atoms with E-state index in [2.05, 4.69) is 4.98 Å². The second-order valence-electron chi connectivity index (χ2n) is 6.11. The Morgan fingerprint density at radius 1 is 1.19 bits per heavy atom. The number of hydrogen-bond donors (Lipinski definition) is 1. The fourth-order valence-electron chi connectivity index (χ4n) is 3.14. The predicted octanol–water partition coefficient (Wildman–Crippen LogP) is 1.35. The molecule has 0 spiro atoms. The SMILES string of the molecule is NC1(C2CC2)CN(S(=O)(=O)c2cccc3ncccc23)C1. The molecule has 1 aromatic heterocycles. The summed E-state index contributed by atoms with van der Waals surface area (Å²) in [5.41, 5.74) is 6.65. The van der Waals surface area contributed by atoms with Gasteiger partial charge in [-0.05, 0) is 43.0 Å². The van der Waals surface area contributed by atoms with E-state index in [9.17, 15) is 8.42 Å². The van der Waals surface area contributed by atoms with Crippen LogP contribution < -0.4 is 5.73 Å². The standard InChI is InChI=1S/C15H17N3O2S/c16-15(11-6-7-11)9-18(10-15)21(19,20)14-5-1-4-13-12(14)3-2-8-17-13/h1-5,8,11H,6-7,9-10,16H2. The highest BCUT2D eigenvalue weighted by molar-refractivity contribution is 7.89. The van der Waals surface area contributed by atoms with Crippen LogP contribution in [0, 0.1) is 5.92 Å². The quantitative estimate of drug-likeness (QED) is 0.928. The summed E-state index contributed by atoms with van der Waals surface area (Å²) in [5, 5.41) is 0.668. The van der Waals surface area contributed by atoms with Crippen LogP contribution in [0.15, 0.2) is 41.4 Å². The molecule has 0 amide bonds. The van der Waals surface area contributed by atoms with E-state index in [0.717, 1.165) is 12.8 Å². The van der Waals surface area contributed by atoms with Gasteiger partial charge >= 0.3 is 0 Å². The normalized spacial score (nSPS) is 22.1. The smallest absolute Gasteiger partial charge is 0.243 e. The number of nitrogens with zero attached hydrogens (tertiary/aromatic N) is 2. The molecule has 1 aliphatic heterocycles. The van der Waals surface area contributed by atoms with Crippen molar-refractivity contribution in [1.82, 2.24) is 9.29 Å². The van der Waals surface area contributed by atoms with Crippen molar-refractivity contribution in [1.29, 1.82) is 0 Å². The van der Waals surface area contributed by atoms with Crippen LogP contribution in [-0.4, -0.2) is 36.3 Å². The van der Waals surface area contributed by atoms with Crippen molar-refractivity contribution in [3.05, 3.63) is 36.5 Å². The Kier molecular flexibility index (Phi) is 2.67. The summed E-state index contributed by atoms with van der Waals surface area (Å²) in [5.74, 6) is 0.498. The maximum atomic E-state index is 12.8. The third-order valence-electron chi connectivity index (χ3n) is 4.56. The minimum atomic E-state index is -3.49. The van der Waals surface area contributed by atoms with Gasteiger partial charge in [0.1, 0.15) is 0 Å². The van der Waals surface area contributed by atoms with E-state index in [4.69, 9.17) is 5.73 Å². The Labute approximate surface area is 123 Å². The number of sulfonamides is 1. The molecule has 0 bridgehead atoms. The van der Waals surface area contributed by atoms with Crippen molar-refractivity contribution in [2.45, 2.75) is 23.3 Å². The van der Waals surface area contributed by atoms with E-state index in [1.165, 1.54) is 4.31 Å². The molecule has 110 valence electrons. The molecule has 2 N–H and O–H groups in total. The zero-order chi connectivity index (χ0) is 14.7. The van der Waals surface area contributed by atoms with Crippen LogP contribution in [-0.2, 0) is 10.0 Å². The Hall–Kier alpha value is -1.50. The van der Waals surface area contributed by atoms with E-state index < -0.39 is 10.0 Å². The van der Waals surface area contributed by atoms with E-state index in [0.29, 0.717) is 34.8 Å². The lowest BCUT2D eigenvalue weighted by molar-refractivity contribution is 0.135. The summed E-state index contributed by atoms with van der Waals surface area (Å²) in [6.45, 7) is 0.854. The zero-order valence-corrected chi connectivity index (χ0v) is 12.4. The summed E-state index contributed by atoms with van der Waals surface area (Å²) in [7, 11) is -3.49. The first-order valence-corrected chi connectivity index (χ1v) is 8.57. The molecule has 1 aliphatic carbocycles. The van der Waals surface area contributed by atoms with Crippen LogP contribution in [0.25, 0.3) is 10.9 Å². The van der Waals surface area contributed by atoms with Crippen molar-refractivity contribution in [2.75, 3.05) is 13.1 Å². The molecule has 2 heterocycles. The highest BCUT2D eigenvalue weighted by atomic mass is 32.2. The van der Waals surface area contributed by atoms with Gasteiger partial charge in [-0.25, -0.2) is 8.42 Å². The third-order valence-corrected chi connectivity index (χ3v) is 6.41. The van der Waals surface area contributed by atoms with E-state index in [-0.39, 0.29) is 5.54 Å². The van der Waals surface area contributed by atoms with Gasteiger partial charge in [-0.2, -0.15) is 4.31 Å². The highest BCUT2D eigenvalue weighted by Crippen LogP contribution is 2.44. The van der Waals surface area contributed by atoms with Crippen molar-refractivity contribution in [2.24, 2.45) is 11.7 Å². The Balaban J connectivity index is 1.71. The molecular formula is C15H17N3O2S. The largest absolute Gasteiger partial charge is 0.323 e. The van der Waals surface area contributed by atoms with Gasteiger partial charge in [-0.15, -0.1) is 0 Å². The zero-order valence-electron chi connectivity index (χ0n) is 11.6. The summed E-state index contributed by atoms with van der Waals surface area (Å²) < 4.78 is 27.1. The molecule has 5 nitrogen and oxygen atoms in total. The maximum Gasteiger partial charge on any atom is 0.243 e. The van der Waals surface area contributed by atoms with Gasteiger partial charge < -0.3 is 5.73 Å². The van der Waals surface area contributed by atoms with E-state index >= 15 is 0 Å². The van der Waals surface area contributed by atoms with E-state index in [1.807, 2.05) is 6.07 Å². The van der Waals surface area contributed by atoms with Crippen molar-refractivity contribution >= 4 is 20.9 Å². The lowest BCUT2D eigenvalue weighted by Gasteiger charge is -2.47. The van der Waals surface area contributed by atoms with Crippen LogP contribution in [0.1, 0.15) is 12.8 Å². The van der Waals surface area contributed by atoms with Gasteiger partial charge in [0.15, 0.2) is 0 Å². The Morgan fingerprint density at radius 2 is 1.95 bits per heavy atom. The monoisotopic (exact) mass is 303 g/mol. The highest BCUT2D eigenvalue weighted by Gasteiger charge is 2.53. The molecule has 2 fully saturated rings. The first-order chi connectivity index (χ1) is 10.0. The summed E-state index contributed by atoms with van der Waals surface area (Å²) in [4.78, 5) is 4.54. The van der Waals surface area contributed by atoms with Crippen molar-refractivity contribution in [3.63, 3.8) is 0 Å². The van der Waals surface area contributed by atoms with Crippen LogP contribution in [0.4, 0.5) is 0 Å². The topological polar surface area (TPSA) is 76.3 Å². The van der Waals surface area contributed by atoms with Crippen molar-refractivity contribution < 1.29 is 8.42 Å². The fraction of sp³-hybridized carbons (Fsp3) is 0.400. The number of hydrogen-bond acceptors (Lipinski definition) is 4. The van der Waals surface area contributed by atoms with Gasteiger partial charge in [0.25, 0.3) is 0 Å². The maximum absolute atomic E-state index is 12.8. The lowest BCUT2D eigenvalue weighted by Crippen LogP contribution is -2.69. The van der Waals surface area contributed by atoms with Gasteiger partial charge in [0, 0.05) is 30.2 Å². The lowest BCUT2D eigenvalue weighted by atomic mass is 9.88. The Morgan fingerprint density at radius 3 is 2.67 bits per heavy atom. The first kappa shape index (κ1) is 13.2. The molecule has 21 heavy (non-hydrogen) atoms. The fourth-order valence-corrected chi connectivity index (χ4v) is 4.94. The van der Waals surface area contributed by atoms with E-state index in [1.54, 1.807) is 30.5 Å². The molecular weight excluding hydrogens is 286 g/mol. The summed E-state index contributed by atoms with van der Waals surface area (Å²) >= 11 is 0. The van der Waals surface area contributed by atoms with Gasteiger partial charge in [-0.3, -0.25) is 4.98 Å². The Bertz CT molecular complexity index is 803. The molecule has 1 aromatic carbocycles. The molecule has 2 aliphatic rings. The molecule has 2 aromatic rings. The number of nitrogens with two attached hydrogens (primary N) is 1. The van der Waals surface area contributed by atoms with Gasteiger partial charge in [0.05, 0.1) is 10.4 Å². The van der Waals surface area contributed by atoms with Gasteiger partial charge in [0.2, 0.25) is 10.0 Å². The minimum absolute atomic E-state index is 0.310. The molecule has 4 rings (SSSR count). The average Bonchev–Trinajstić information content (AvgIpc) is 3.28. The van der Waals surface area contributed by atoms with Crippen LogP contribution in [0.5, 0.6) is 0 Å². The molecule has 0 radical (unpaired) electrons. The summed E-state index contributed by atoms with van der Waals surface area (Å²) in [6, 6.07) is 8.76. The number of benzene rings is 1.